The molecule has 0 aliphatic rings. The molecule has 1 aromatic carbocycles. The lowest BCUT2D eigenvalue weighted by atomic mass is 10.2. The molecule has 1 N–H and O–H groups in total. The molecule has 118 valence electrons. The largest absolute Gasteiger partial charge is 0.868 e. The maximum Gasteiger partial charge on any atom is 0.391 e. The van der Waals surface area contributed by atoms with Crippen molar-refractivity contribution >= 4 is 27.8 Å². The Bertz CT molecular complexity index is 755. The molecular formula is C15H17NO5S. The number of amides is 1. The number of rotatable bonds is 5. The van der Waals surface area contributed by atoms with Gasteiger partial charge in [-0.15, -0.1) is 0 Å². The van der Waals surface area contributed by atoms with Gasteiger partial charge in [-0.25, -0.2) is 4.79 Å². The van der Waals surface area contributed by atoms with Crippen LogP contribution in [0.25, 0.3) is 11.0 Å². The number of ether oxygens (including phenoxy) is 1. The molecule has 1 atom stereocenters. The van der Waals surface area contributed by atoms with Gasteiger partial charge in [-0.05, 0) is 23.9 Å². The van der Waals surface area contributed by atoms with Crippen molar-refractivity contribution < 1.29 is 19.1 Å². The van der Waals surface area contributed by atoms with Crippen molar-refractivity contribution in [3.05, 3.63) is 28.6 Å². The zero-order valence-corrected chi connectivity index (χ0v) is 13.4. The number of hydrogen-bond acceptors (Lipinski definition) is 5. The third kappa shape index (κ3) is 3.36. The van der Waals surface area contributed by atoms with E-state index in [0.29, 0.717) is 23.4 Å². The molecule has 0 aliphatic heterocycles. The highest BCUT2D eigenvalue weighted by atomic mass is 32.2. The van der Waals surface area contributed by atoms with E-state index in [0.717, 1.165) is 0 Å². The quantitative estimate of drug-likeness (QED) is 0.643. The van der Waals surface area contributed by atoms with E-state index in [-0.39, 0.29) is 22.1 Å². The predicted octanol–water partition coefficient (Wildman–Crippen LogP) is 0.618. The van der Waals surface area contributed by atoms with Gasteiger partial charge in [-0.3, -0.25) is 4.79 Å². The van der Waals surface area contributed by atoms with Gasteiger partial charge >= 0.3 is 5.63 Å². The van der Waals surface area contributed by atoms with Gasteiger partial charge in [0.2, 0.25) is 10.8 Å². The first-order chi connectivity index (χ1) is 10.4. The molecule has 1 heterocycles. The molecular weight excluding hydrogens is 306 g/mol. The summed E-state index contributed by atoms with van der Waals surface area (Å²) in [5, 5.41) is 15.5. The molecule has 0 bridgehead atoms. The smallest absolute Gasteiger partial charge is 0.391 e. The van der Waals surface area contributed by atoms with Gasteiger partial charge in [0.25, 0.3) is 0 Å². The topological polar surface area (TPSA) is 91.6 Å². The summed E-state index contributed by atoms with van der Waals surface area (Å²) in [7, 11) is 0.892. The van der Waals surface area contributed by atoms with Crippen molar-refractivity contribution in [1.29, 1.82) is 0 Å². The van der Waals surface area contributed by atoms with Crippen LogP contribution >= 0.6 is 0 Å². The predicted molar refractivity (Wildman–Crippen MR) is 83.6 cm³/mol. The number of methoxy groups -OCH3 is 1. The van der Waals surface area contributed by atoms with Crippen LogP contribution in [0, 0.1) is 0 Å². The molecule has 0 radical (unpaired) electrons. The Morgan fingerprint density at radius 2 is 2.18 bits per heavy atom. The first-order valence-electron chi connectivity index (χ1n) is 6.63. The first-order valence-corrected chi connectivity index (χ1v) is 8.43. The second-order valence-corrected chi connectivity index (χ2v) is 6.82. The van der Waals surface area contributed by atoms with Crippen molar-refractivity contribution in [3.63, 3.8) is 0 Å². The fourth-order valence-electron chi connectivity index (χ4n) is 2.05. The molecule has 2 rings (SSSR count). The highest BCUT2D eigenvalue weighted by molar-refractivity contribution is 7.96. The van der Waals surface area contributed by atoms with Crippen LogP contribution in [-0.2, 0) is 15.7 Å². The van der Waals surface area contributed by atoms with E-state index < -0.39 is 16.5 Å². The van der Waals surface area contributed by atoms with Crippen LogP contribution in [-0.4, -0.2) is 31.6 Å². The summed E-state index contributed by atoms with van der Waals surface area (Å²) in [6.45, 7) is 1.83. The van der Waals surface area contributed by atoms with E-state index in [4.69, 9.17) is 9.15 Å². The van der Waals surface area contributed by atoms with Gasteiger partial charge in [0.15, 0.2) is 0 Å². The van der Waals surface area contributed by atoms with Gasteiger partial charge in [-0.2, -0.15) is 0 Å². The summed E-state index contributed by atoms with van der Waals surface area (Å²) >= 11 is 0. The molecule has 0 fully saturated rings. The SMILES string of the molecule is COc1ccc2oc(=O)c([S+](C)CCNC(C)=O)c([O-])c2c1. The summed E-state index contributed by atoms with van der Waals surface area (Å²) in [6, 6.07) is 4.74. The van der Waals surface area contributed by atoms with E-state index >= 15 is 0 Å². The van der Waals surface area contributed by atoms with Crippen LogP contribution in [0.15, 0.2) is 32.3 Å². The maximum absolute atomic E-state index is 12.6. The lowest BCUT2D eigenvalue weighted by Gasteiger charge is -2.14. The second-order valence-electron chi connectivity index (χ2n) is 4.73. The van der Waals surface area contributed by atoms with Crippen molar-refractivity contribution in [2.45, 2.75) is 11.8 Å². The number of carbonyl (C=O) groups is 1. The second kappa shape index (κ2) is 6.74. The zero-order valence-electron chi connectivity index (χ0n) is 12.6. The normalized spacial score (nSPS) is 12.1. The summed E-state index contributed by atoms with van der Waals surface area (Å²) in [5.74, 6) is 0.557. The molecule has 1 aromatic heterocycles. The molecule has 0 spiro atoms. The molecule has 0 saturated heterocycles. The minimum atomic E-state index is -0.615. The summed E-state index contributed by atoms with van der Waals surface area (Å²) in [4.78, 5) is 23.1. The third-order valence-corrected chi connectivity index (χ3v) is 5.02. The highest BCUT2D eigenvalue weighted by Gasteiger charge is 2.24. The van der Waals surface area contributed by atoms with E-state index in [1.807, 2.05) is 0 Å². The number of fused-ring (bicyclic) bond motifs is 1. The van der Waals surface area contributed by atoms with Crippen LogP contribution in [0.5, 0.6) is 11.5 Å². The van der Waals surface area contributed by atoms with Crippen LogP contribution in [0.1, 0.15) is 6.92 Å². The van der Waals surface area contributed by atoms with Crippen LogP contribution in [0.2, 0.25) is 0 Å². The third-order valence-electron chi connectivity index (χ3n) is 3.16. The van der Waals surface area contributed by atoms with Gasteiger partial charge in [0.05, 0.1) is 13.7 Å². The Kier molecular flexibility index (Phi) is 4.97. The van der Waals surface area contributed by atoms with Crippen LogP contribution in [0.3, 0.4) is 0 Å². The molecule has 1 unspecified atom stereocenters. The highest BCUT2D eigenvalue weighted by Crippen LogP contribution is 2.30. The Morgan fingerprint density at radius 1 is 1.45 bits per heavy atom. The summed E-state index contributed by atoms with van der Waals surface area (Å²) < 4.78 is 10.3. The molecule has 6 nitrogen and oxygen atoms in total. The molecule has 22 heavy (non-hydrogen) atoms. The zero-order chi connectivity index (χ0) is 16.3. The lowest BCUT2D eigenvalue weighted by molar-refractivity contribution is -0.270. The first kappa shape index (κ1) is 16.2. The molecule has 7 heteroatoms. The van der Waals surface area contributed by atoms with Gasteiger partial charge in [0, 0.05) is 23.2 Å². The molecule has 0 aliphatic carbocycles. The summed E-state index contributed by atoms with van der Waals surface area (Å²) in [5.41, 5.74) is -0.366. The average molecular weight is 323 g/mol. The minimum absolute atomic E-state index is 0.131. The number of hydrogen-bond donors (Lipinski definition) is 1. The number of benzene rings is 1. The standard InChI is InChI=1S/C15H17NO5S/c1-9(17)16-6-7-22(3)14-13(18)11-8-10(20-2)4-5-12(11)21-15(14)19/h4-5,8H,6-7H2,1-3H3,(H-,16,17,18,19). The Labute approximate surface area is 130 Å². The van der Waals surface area contributed by atoms with Crippen molar-refractivity contribution in [3.8, 4) is 11.5 Å². The Balaban J connectivity index is 2.40. The van der Waals surface area contributed by atoms with Gasteiger partial charge in [0.1, 0.15) is 23.3 Å². The summed E-state index contributed by atoms with van der Waals surface area (Å²) in [6.07, 6.45) is 1.79. The molecule has 0 saturated carbocycles. The fourth-order valence-corrected chi connectivity index (χ4v) is 3.41. The Morgan fingerprint density at radius 3 is 2.82 bits per heavy atom. The lowest BCUT2D eigenvalue weighted by Crippen LogP contribution is -2.28. The van der Waals surface area contributed by atoms with E-state index in [2.05, 4.69) is 5.32 Å². The average Bonchev–Trinajstić information content (AvgIpc) is 2.46. The van der Waals surface area contributed by atoms with Gasteiger partial charge < -0.3 is 19.6 Å². The number of carbonyl (C=O) groups excluding carboxylic acids is 1. The monoisotopic (exact) mass is 323 g/mol. The van der Waals surface area contributed by atoms with Crippen LogP contribution < -0.4 is 20.8 Å². The number of nitrogens with one attached hydrogen (secondary N) is 1. The van der Waals surface area contributed by atoms with E-state index in [1.54, 1.807) is 24.5 Å². The Hall–Kier alpha value is -2.15. The van der Waals surface area contributed by atoms with Crippen molar-refractivity contribution in [1.82, 2.24) is 5.32 Å². The minimum Gasteiger partial charge on any atom is -0.868 e. The van der Waals surface area contributed by atoms with E-state index in [1.165, 1.54) is 14.0 Å². The van der Waals surface area contributed by atoms with Crippen LogP contribution in [0.4, 0.5) is 0 Å². The van der Waals surface area contributed by atoms with Gasteiger partial charge in [-0.1, -0.05) is 0 Å². The molecule has 2 aromatic rings. The van der Waals surface area contributed by atoms with Crippen molar-refractivity contribution in [2.75, 3.05) is 25.7 Å². The fraction of sp³-hybridized carbons (Fsp3) is 0.333. The molecule has 1 amide bonds. The maximum atomic E-state index is 12.6. The van der Waals surface area contributed by atoms with Crippen molar-refractivity contribution in [2.24, 2.45) is 0 Å². The van der Waals surface area contributed by atoms with E-state index in [9.17, 15) is 14.7 Å².